The highest BCUT2D eigenvalue weighted by atomic mass is 16.6. The smallest absolute Gasteiger partial charge is 0.311 e. The third-order valence-electron chi connectivity index (χ3n) is 2.57. The molecule has 0 aliphatic carbocycles. The molecule has 0 radical (unpaired) electrons. The highest BCUT2D eigenvalue weighted by molar-refractivity contribution is 5.77. The van der Waals surface area contributed by atoms with E-state index in [-0.39, 0.29) is 22.9 Å². The van der Waals surface area contributed by atoms with Crippen LogP contribution in [0.5, 0.6) is 5.75 Å². The van der Waals surface area contributed by atoms with Crippen LogP contribution < -0.4 is 15.4 Å². The number of nitro groups is 1. The van der Waals surface area contributed by atoms with Crippen molar-refractivity contribution in [1.29, 1.82) is 0 Å². The van der Waals surface area contributed by atoms with Gasteiger partial charge in [-0.3, -0.25) is 14.9 Å². The first kappa shape index (κ1) is 16.7. The molecular formula is C14H21N3O4. The van der Waals surface area contributed by atoms with Gasteiger partial charge >= 0.3 is 5.69 Å². The molecule has 116 valence electrons. The van der Waals surface area contributed by atoms with Crippen molar-refractivity contribution in [3.8, 4) is 5.75 Å². The maximum Gasteiger partial charge on any atom is 0.311 e. The Labute approximate surface area is 123 Å². The lowest BCUT2D eigenvalue weighted by molar-refractivity contribution is -0.385. The molecule has 0 saturated heterocycles. The summed E-state index contributed by atoms with van der Waals surface area (Å²) in [6, 6.07) is 4.50. The van der Waals surface area contributed by atoms with Gasteiger partial charge in [0.25, 0.3) is 0 Å². The van der Waals surface area contributed by atoms with Crippen LogP contribution in [0, 0.1) is 10.1 Å². The van der Waals surface area contributed by atoms with Crippen LogP contribution in [0.15, 0.2) is 18.2 Å². The lowest BCUT2D eigenvalue weighted by Gasteiger charge is -2.20. The molecule has 2 N–H and O–H groups in total. The molecule has 0 aromatic heterocycles. The molecule has 0 saturated carbocycles. The minimum absolute atomic E-state index is 0.0520. The van der Waals surface area contributed by atoms with Crippen LogP contribution in [0.2, 0.25) is 0 Å². The second kappa shape index (κ2) is 6.92. The molecule has 21 heavy (non-hydrogen) atoms. The Kier molecular flexibility index (Phi) is 5.52. The van der Waals surface area contributed by atoms with Gasteiger partial charge in [-0.2, -0.15) is 0 Å². The van der Waals surface area contributed by atoms with E-state index >= 15 is 0 Å². The highest BCUT2D eigenvalue weighted by Gasteiger charge is 2.15. The summed E-state index contributed by atoms with van der Waals surface area (Å²) in [7, 11) is 1.38. The number of anilines is 1. The number of hydrogen-bond donors (Lipinski definition) is 2. The van der Waals surface area contributed by atoms with Crippen LogP contribution in [-0.2, 0) is 4.79 Å². The van der Waals surface area contributed by atoms with Gasteiger partial charge < -0.3 is 15.4 Å². The third kappa shape index (κ3) is 5.68. The van der Waals surface area contributed by atoms with Crippen molar-refractivity contribution in [3.63, 3.8) is 0 Å². The van der Waals surface area contributed by atoms with Gasteiger partial charge in [0, 0.05) is 36.3 Å². The zero-order chi connectivity index (χ0) is 16.0. The van der Waals surface area contributed by atoms with Crippen molar-refractivity contribution in [1.82, 2.24) is 5.32 Å². The number of nitrogens with zero attached hydrogens (tertiary/aromatic N) is 1. The van der Waals surface area contributed by atoms with E-state index in [4.69, 9.17) is 4.74 Å². The average molecular weight is 295 g/mol. The van der Waals surface area contributed by atoms with E-state index in [0.717, 1.165) is 0 Å². The molecule has 0 unspecified atom stereocenters. The van der Waals surface area contributed by atoms with Gasteiger partial charge in [-0.15, -0.1) is 0 Å². The molecule has 0 aliphatic rings. The predicted octanol–water partition coefficient (Wildman–Crippen LogP) is 2.32. The number of nitro benzene ring substituents is 1. The third-order valence-corrected chi connectivity index (χ3v) is 2.57. The first-order valence-corrected chi connectivity index (χ1v) is 6.60. The summed E-state index contributed by atoms with van der Waals surface area (Å²) in [5.41, 5.74) is 0.322. The molecule has 0 atom stereocenters. The van der Waals surface area contributed by atoms with Crippen LogP contribution in [0.3, 0.4) is 0 Å². The zero-order valence-corrected chi connectivity index (χ0v) is 12.7. The number of benzene rings is 1. The van der Waals surface area contributed by atoms with Crippen LogP contribution in [0.1, 0.15) is 27.2 Å². The molecule has 1 rings (SSSR count). The normalized spacial score (nSPS) is 10.9. The summed E-state index contributed by atoms with van der Waals surface area (Å²) in [6.45, 7) is 6.18. The Hall–Kier alpha value is -2.31. The summed E-state index contributed by atoms with van der Waals surface area (Å²) in [6.07, 6.45) is 0.316. The number of amides is 1. The van der Waals surface area contributed by atoms with E-state index < -0.39 is 4.92 Å². The number of carbonyl (C=O) groups excluding carboxylic acids is 1. The van der Waals surface area contributed by atoms with E-state index in [9.17, 15) is 14.9 Å². The van der Waals surface area contributed by atoms with E-state index in [0.29, 0.717) is 18.7 Å². The molecule has 7 nitrogen and oxygen atoms in total. The van der Waals surface area contributed by atoms with Crippen LogP contribution in [0.25, 0.3) is 0 Å². The van der Waals surface area contributed by atoms with Gasteiger partial charge in [-0.1, -0.05) is 0 Å². The topological polar surface area (TPSA) is 93.5 Å². The Bertz CT molecular complexity index is 523. The fourth-order valence-corrected chi connectivity index (χ4v) is 1.74. The number of carbonyl (C=O) groups is 1. The van der Waals surface area contributed by atoms with E-state index in [1.807, 2.05) is 20.8 Å². The molecule has 0 heterocycles. The van der Waals surface area contributed by atoms with Gasteiger partial charge in [-0.25, -0.2) is 0 Å². The Balaban J connectivity index is 2.57. The van der Waals surface area contributed by atoms with Gasteiger partial charge in [0.15, 0.2) is 5.75 Å². The molecular weight excluding hydrogens is 274 g/mol. The van der Waals surface area contributed by atoms with Crippen molar-refractivity contribution >= 4 is 17.3 Å². The van der Waals surface area contributed by atoms with Crippen molar-refractivity contribution in [2.24, 2.45) is 0 Å². The number of nitrogens with one attached hydrogen (secondary N) is 2. The molecule has 1 amide bonds. The van der Waals surface area contributed by atoms with Crippen molar-refractivity contribution < 1.29 is 14.5 Å². The summed E-state index contributed by atoms with van der Waals surface area (Å²) in [5, 5.41) is 16.7. The van der Waals surface area contributed by atoms with Crippen LogP contribution >= 0.6 is 0 Å². The monoisotopic (exact) mass is 295 g/mol. The van der Waals surface area contributed by atoms with Crippen LogP contribution in [0.4, 0.5) is 11.4 Å². The quantitative estimate of drug-likeness (QED) is 0.620. The largest absolute Gasteiger partial charge is 0.490 e. The number of rotatable bonds is 6. The molecule has 0 bridgehead atoms. The lowest BCUT2D eigenvalue weighted by atomic mass is 10.1. The second-order valence-corrected chi connectivity index (χ2v) is 5.62. The molecule has 7 heteroatoms. The second-order valence-electron chi connectivity index (χ2n) is 5.62. The highest BCUT2D eigenvalue weighted by Crippen LogP contribution is 2.29. The Morgan fingerprint density at radius 2 is 2.05 bits per heavy atom. The van der Waals surface area contributed by atoms with Gasteiger partial charge in [0.1, 0.15) is 0 Å². The molecule has 0 fully saturated rings. The Morgan fingerprint density at radius 3 is 2.57 bits per heavy atom. The minimum Gasteiger partial charge on any atom is -0.490 e. The molecule has 0 spiro atoms. The van der Waals surface area contributed by atoms with Gasteiger partial charge in [0.05, 0.1) is 12.0 Å². The fourth-order valence-electron chi connectivity index (χ4n) is 1.74. The van der Waals surface area contributed by atoms with Crippen molar-refractivity contribution in [2.45, 2.75) is 32.7 Å². The number of methoxy groups -OCH3 is 1. The average Bonchev–Trinajstić information content (AvgIpc) is 2.36. The van der Waals surface area contributed by atoms with Gasteiger partial charge in [-0.05, 0) is 26.8 Å². The SMILES string of the molecule is COc1cc(NCCC(=O)NC(C)(C)C)ccc1[N+](=O)[O-]. The standard InChI is InChI=1S/C14H21N3O4/c1-14(2,3)16-13(18)7-8-15-10-5-6-11(17(19)20)12(9-10)21-4/h5-6,9,15H,7-8H2,1-4H3,(H,16,18). The molecule has 1 aromatic carbocycles. The van der Waals surface area contributed by atoms with Gasteiger partial charge in [0.2, 0.25) is 5.91 Å². The van der Waals surface area contributed by atoms with E-state index in [2.05, 4.69) is 10.6 Å². The lowest BCUT2D eigenvalue weighted by Crippen LogP contribution is -2.41. The van der Waals surface area contributed by atoms with E-state index in [1.54, 1.807) is 12.1 Å². The Morgan fingerprint density at radius 1 is 1.38 bits per heavy atom. The molecule has 1 aromatic rings. The predicted molar refractivity (Wildman–Crippen MR) is 80.7 cm³/mol. The summed E-state index contributed by atoms with van der Waals surface area (Å²) in [5.74, 6) is 0.132. The maximum absolute atomic E-state index is 11.7. The number of ether oxygens (including phenoxy) is 1. The molecule has 0 aliphatic heterocycles. The van der Waals surface area contributed by atoms with Crippen LogP contribution in [-0.4, -0.2) is 30.0 Å². The minimum atomic E-state index is -0.501. The van der Waals surface area contributed by atoms with E-state index in [1.165, 1.54) is 13.2 Å². The fraction of sp³-hybridized carbons (Fsp3) is 0.500. The summed E-state index contributed by atoms with van der Waals surface area (Å²) in [4.78, 5) is 21.9. The number of hydrogen-bond acceptors (Lipinski definition) is 5. The summed E-state index contributed by atoms with van der Waals surface area (Å²) >= 11 is 0. The zero-order valence-electron chi connectivity index (χ0n) is 12.7. The maximum atomic E-state index is 11.7. The summed E-state index contributed by atoms with van der Waals surface area (Å²) < 4.78 is 4.98. The van der Waals surface area contributed by atoms with Crippen molar-refractivity contribution in [3.05, 3.63) is 28.3 Å². The van der Waals surface area contributed by atoms with Crippen molar-refractivity contribution in [2.75, 3.05) is 19.0 Å². The first-order valence-electron chi connectivity index (χ1n) is 6.60. The first-order chi connectivity index (χ1) is 9.73.